The molecule has 34 heavy (non-hydrogen) atoms. The smallest absolute Gasteiger partial charge is 0.316 e. The average Bonchev–Trinajstić information content (AvgIpc) is 3.36. The lowest BCUT2D eigenvalue weighted by Crippen LogP contribution is -2.44. The number of fused-ring (bicyclic) bond motifs is 1. The van der Waals surface area contributed by atoms with Gasteiger partial charge in [0, 0.05) is 37.8 Å². The quantitative estimate of drug-likeness (QED) is 0.602. The Morgan fingerprint density at radius 2 is 1.94 bits per heavy atom. The van der Waals surface area contributed by atoms with E-state index in [-0.39, 0.29) is 30.4 Å². The van der Waals surface area contributed by atoms with Crippen LogP contribution < -0.4 is 15.0 Å². The average molecular weight is 462 g/mol. The van der Waals surface area contributed by atoms with Crippen molar-refractivity contribution in [3.8, 4) is 17.1 Å². The molecule has 9 heteroatoms. The molecule has 1 aromatic heterocycles. The summed E-state index contributed by atoms with van der Waals surface area (Å²) in [5.74, 6) is 0.376. The Balaban J connectivity index is 1.18. The van der Waals surface area contributed by atoms with E-state index >= 15 is 0 Å². The molecule has 3 heterocycles. The summed E-state index contributed by atoms with van der Waals surface area (Å²) in [5, 5.41) is 6.99. The van der Waals surface area contributed by atoms with Gasteiger partial charge in [0.2, 0.25) is 5.82 Å². The topological polar surface area (TPSA) is 101 Å². The minimum atomic E-state index is -0.364. The van der Waals surface area contributed by atoms with E-state index in [1.165, 1.54) is 5.56 Å². The highest BCUT2D eigenvalue weighted by molar-refractivity contribution is 5.98. The molecule has 2 amide bonds. The zero-order chi connectivity index (χ0) is 23.5. The fourth-order valence-corrected chi connectivity index (χ4v) is 4.45. The van der Waals surface area contributed by atoms with Crippen LogP contribution in [0.4, 0.5) is 5.69 Å². The number of likely N-dealkylation sites (tertiary alicyclic amines) is 1. The SMILES string of the molecule is CCN1C(=O)COc2cc(-c3noc(C(=O)NC4CCN(Cc5ccccc5)CC4)n3)ccc21. The van der Waals surface area contributed by atoms with Crippen LogP contribution in [0, 0.1) is 0 Å². The number of ether oxygens (including phenoxy) is 1. The number of nitrogens with one attached hydrogen (secondary N) is 1. The molecule has 1 saturated heterocycles. The summed E-state index contributed by atoms with van der Waals surface area (Å²) in [7, 11) is 0. The number of anilines is 1. The van der Waals surface area contributed by atoms with E-state index in [0.717, 1.165) is 32.5 Å². The van der Waals surface area contributed by atoms with Crippen molar-refractivity contribution >= 4 is 17.5 Å². The number of nitrogens with zero attached hydrogens (tertiary/aromatic N) is 4. The molecular formula is C25H27N5O4. The standard InChI is InChI=1S/C25H27N5O4/c1-2-30-20-9-8-18(14-21(20)33-16-22(30)31)23-27-25(34-28-23)24(32)26-19-10-12-29(13-11-19)15-17-6-4-3-5-7-17/h3-9,14,19H,2,10-13,15-16H2,1H3,(H,26,32). The highest BCUT2D eigenvalue weighted by Gasteiger charge is 2.26. The number of hydrogen-bond acceptors (Lipinski definition) is 7. The second kappa shape index (κ2) is 9.64. The molecule has 0 saturated carbocycles. The predicted octanol–water partition coefficient (Wildman–Crippen LogP) is 2.88. The van der Waals surface area contributed by atoms with Crippen LogP contribution in [-0.2, 0) is 11.3 Å². The minimum absolute atomic E-state index is 0.00560. The van der Waals surface area contributed by atoms with Gasteiger partial charge in [-0.15, -0.1) is 0 Å². The summed E-state index contributed by atoms with van der Waals surface area (Å²) in [6.07, 6.45) is 1.74. The molecule has 2 aromatic carbocycles. The third-order valence-corrected chi connectivity index (χ3v) is 6.27. The molecule has 176 valence electrons. The van der Waals surface area contributed by atoms with Gasteiger partial charge in [-0.05, 0) is 43.5 Å². The van der Waals surface area contributed by atoms with E-state index in [4.69, 9.17) is 9.26 Å². The van der Waals surface area contributed by atoms with Crippen molar-refractivity contribution in [2.75, 3.05) is 31.1 Å². The Labute approximate surface area is 197 Å². The normalized spacial score (nSPS) is 16.7. The van der Waals surface area contributed by atoms with Gasteiger partial charge in [0.1, 0.15) is 5.75 Å². The fraction of sp³-hybridized carbons (Fsp3) is 0.360. The molecular weight excluding hydrogens is 434 g/mol. The number of rotatable bonds is 6. The van der Waals surface area contributed by atoms with E-state index in [1.54, 1.807) is 23.1 Å². The molecule has 0 atom stereocenters. The van der Waals surface area contributed by atoms with Gasteiger partial charge in [-0.25, -0.2) is 0 Å². The minimum Gasteiger partial charge on any atom is -0.482 e. The van der Waals surface area contributed by atoms with Gasteiger partial charge in [-0.2, -0.15) is 4.98 Å². The first-order chi connectivity index (χ1) is 16.6. The molecule has 0 bridgehead atoms. The van der Waals surface area contributed by atoms with Gasteiger partial charge in [0.25, 0.3) is 5.91 Å². The zero-order valence-corrected chi connectivity index (χ0v) is 19.1. The summed E-state index contributed by atoms with van der Waals surface area (Å²) in [6.45, 7) is 5.23. The molecule has 0 spiro atoms. The maximum absolute atomic E-state index is 12.7. The van der Waals surface area contributed by atoms with Crippen molar-refractivity contribution in [3.05, 3.63) is 60.0 Å². The predicted molar refractivity (Wildman–Crippen MR) is 125 cm³/mol. The number of carbonyl (C=O) groups is 2. The molecule has 1 N–H and O–H groups in total. The summed E-state index contributed by atoms with van der Waals surface area (Å²) in [5.41, 5.74) is 2.66. The molecule has 9 nitrogen and oxygen atoms in total. The van der Waals surface area contributed by atoms with Gasteiger partial charge >= 0.3 is 11.8 Å². The number of piperidine rings is 1. The Morgan fingerprint density at radius 3 is 2.71 bits per heavy atom. The summed E-state index contributed by atoms with van der Waals surface area (Å²) in [4.78, 5) is 33.0. The number of aromatic nitrogens is 2. The molecule has 2 aliphatic heterocycles. The molecule has 3 aromatic rings. The number of likely N-dealkylation sites (N-methyl/N-ethyl adjacent to an activating group) is 1. The van der Waals surface area contributed by atoms with Crippen molar-refractivity contribution in [3.63, 3.8) is 0 Å². The largest absolute Gasteiger partial charge is 0.482 e. The van der Waals surface area contributed by atoms with Gasteiger partial charge in [0.05, 0.1) is 5.69 Å². The van der Waals surface area contributed by atoms with Crippen molar-refractivity contribution in [2.45, 2.75) is 32.4 Å². The number of carbonyl (C=O) groups excluding carboxylic acids is 2. The molecule has 5 rings (SSSR count). The van der Waals surface area contributed by atoms with E-state index in [9.17, 15) is 9.59 Å². The maximum atomic E-state index is 12.7. The Hall–Kier alpha value is -3.72. The van der Waals surface area contributed by atoms with Crippen LogP contribution in [0.1, 0.15) is 36.0 Å². The molecule has 0 unspecified atom stereocenters. The molecule has 2 aliphatic rings. The molecule has 0 radical (unpaired) electrons. The van der Waals surface area contributed by atoms with Crippen molar-refractivity contribution in [2.24, 2.45) is 0 Å². The number of benzene rings is 2. The van der Waals surface area contributed by atoms with Gasteiger partial charge in [-0.1, -0.05) is 35.5 Å². The van der Waals surface area contributed by atoms with E-state index in [0.29, 0.717) is 29.4 Å². The Bertz CT molecular complexity index is 1170. The van der Waals surface area contributed by atoms with Crippen LogP contribution in [0.25, 0.3) is 11.4 Å². The monoisotopic (exact) mass is 461 g/mol. The summed E-state index contributed by atoms with van der Waals surface area (Å²) in [6, 6.07) is 15.8. The van der Waals surface area contributed by atoms with Crippen LogP contribution in [0.5, 0.6) is 5.75 Å². The van der Waals surface area contributed by atoms with Crippen molar-refractivity contribution in [1.29, 1.82) is 0 Å². The van der Waals surface area contributed by atoms with Gasteiger partial charge in [0.15, 0.2) is 6.61 Å². The van der Waals surface area contributed by atoms with E-state index in [1.807, 2.05) is 13.0 Å². The van der Waals surface area contributed by atoms with Crippen LogP contribution >= 0.6 is 0 Å². The van der Waals surface area contributed by atoms with Crippen LogP contribution in [0.15, 0.2) is 53.1 Å². The fourth-order valence-electron chi connectivity index (χ4n) is 4.45. The third-order valence-electron chi connectivity index (χ3n) is 6.27. The Morgan fingerprint density at radius 1 is 1.15 bits per heavy atom. The lowest BCUT2D eigenvalue weighted by molar-refractivity contribution is -0.121. The van der Waals surface area contributed by atoms with Crippen LogP contribution in [-0.4, -0.2) is 59.1 Å². The first-order valence-electron chi connectivity index (χ1n) is 11.6. The second-order valence-corrected chi connectivity index (χ2v) is 8.54. The highest BCUT2D eigenvalue weighted by Crippen LogP contribution is 2.35. The number of amides is 2. The first kappa shape index (κ1) is 22.1. The van der Waals surface area contributed by atoms with E-state index < -0.39 is 0 Å². The second-order valence-electron chi connectivity index (χ2n) is 8.54. The van der Waals surface area contributed by atoms with Crippen LogP contribution in [0.3, 0.4) is 0 Å². The zero-order valence-electron chi connectivity index (χ0n) is 19.1. The van der Waals surface area contributed by atoms with Gasteiger partial charge in [-0.3, -0.25) is 14.5 Å². The summed E-state index contributed by atoms with van der Waals surface area (Å²) < 4.78 is 10.8. The van der Waals surface area contributed by atoms with E-state index in [2.05, 4.69) is 44.6 Å². The molecule has 1 fully saturated rings. The lowest BCUT2D eigenvalue weighted by Gasteiger charge is -2.32. The number of hydrogen-bond donors (Lipinski definition) is 1. The van der Waals surface area contributed by atoms with Crippen molar-refractivity contribution < 1.29 is 18.8 Å². The summed E-state index contributed by atoms with van der Waals surface area (Å²) >= 11 is 0. The Kier molecular flexibility index (Phi) is 6.27. The van der Waals surface area contributed by atoms with Gasteiger partial charge < -0.3 is 19.5 Å². The van der Waals surface area contributed by atoms with Crippen LogP contribution in [0.2, 0.25) is 0 Å². The maximum Gasteiger partial charge on any atom is 0.316 e. The van der Waals surface area contributed by atoms with Crippen molar-refractivity contribution in [1.82, 2.24) is 20.4 Å². The lowest BCUT2D eigenvalue weighted by atomic mass is 10.0. The third kappa shape index (κ3) is 4.65. The first-order valence-corrected chi connectivity index (χ1v) is 11.6. The molecule has 0 aliphatic carbocycles. The highest BCUT2D eigenvalue weighted by atomic mass is 16.5.